The van der Waals surface area contributed by atoms with E-state index in [-0.39, 0.29) is 0 Å². The number of pyridine rings is 1. The van der Waals surface area contributed by atoms with E-state index in [0.29, 0.717) is 12.2 Å². The average Bonchev–Trinajstić information content (AvgIpc) is 2.27. The first kappa shape index (κ1) is 10.8. The number of nitrogens with zero attached hydrogens (tertiary/aromatic N) is 1. The van der Waals surface area contributed by atoms with Gasteiger partial charge in [-0.2, -0.15) is 0 Å². The summed E-state index contributed by atoms with van der Waals surface area (Å²) in [6.07, 6.45) is 1.68. The first-order valence-electron chi connectivity index (χ1n) is 4.94. The van der Waals surface area contributed by atoms with Crippen molar-refractivity contribution in [1.82, 2.24) is 4.98 Å². The van der Waals surface area contributed by atoms with Crippen LogP contribution < -0.4 is 11.1 Å². The fraction of sp³-hybridized carbons (Fsp3) is 0.0833. The number of nitrogen functional groups attached to an aromatic ring is 1. The van der Waals surface area contributed by atoms with E-state index in [2.05, 4.69) is 10.3 Å². The first-order chi connectivity index (χ1) is 7.74. The van der Waals surface area contributed by atoms with Gasteiger partial charge < -0.3 is 11.1 Å². The number of halogens is 1. The van der Waals surface area contributed by atoms with E-state index in [1.165, 1.54) is 0 Å². The topological polar surface area (TPSA) is 50.9 Å². The Hall–Kier alpha value is -1.74. The van der Waals surface area contributed by atoms with Crippen LogP contribution in [0.5, 0.6) is 0 Å². The molecule has 0 saturated carbocycles. The molecule has 3 nitrogen and oxygen atoms in total. The van der Waals surface area contributed by atoms with E-state index in [9.17, 15) is 0 Å². The van der Waals surface area contributed by atoms with Crippen LogP contribution in [0.15, 0.2) is 42.6 Å². The van der Waals surface area contributed by atoms with E-state index in [1.54, 1.807) is 18.3 Å². The summed E-state index contributed by atoms with van der Waals surface area (Å²) in [4.78, 5) is 4.15. The number of nitrogens with two attached hydrogens (primary N) is 1. The molecular weight excluding hydrogens is 222 g/mol. The molecule has 0 fully saturated rings. The van der Waals surface area contributed by atoms with Crippen LogP contribution in [-0.4, -0.2) is 4.98 Å². The van der Waals surface area contributed by atoms with Crippen molar-refractivity contribution in [1.29, 1.82) is 0 Å². The minimum Gasteiger partial charge on any atom is -0.399 e. The summed E-state index contributed by atoms with van der Waals surface area (Å²) in [6, 6.07) is 11.2. The second kappa shape index (κ2) is 4.86. The lowest BCUT2D eigenvalue weighted by Crippen LogP contribution is -2.01. The van der Waals surface area contributed by atoms with E-state index >= 15 is 0 Å². The summed E-state index contributed by atoms with van der Waals surface area (Å²) >= 11 is 5.89. The van der Waals surface area contributed by atoms with Gasteiger partial charge in [0.25, 0.3) is 0 Å². The fourth-order valence-electron chi connectivity index (χ4n) is 1.38. The van der Waals surface area contributed by atoms with Crippen LogP contribution in [0, 0.1) is 0 Å². The molecule has 2 rings (SSSR count). The van der Waals surface area contributed by atoms with Gasteiger partial charge in [-0.25, -0.2) is 4.98 Å². The van der Waals surface area contributed by atoms with Crippen molar-refractivity contribution in [3.63, 3.8) is 0 Å². The van der Waals surface area contributed by atoms with Gasteiger partial charge in [0.2, 0.25) is 0 Å². The van der Waals surface area contributed by atoms with Crippen LogP contribution >= 0.6 is 11.6 Å². The molecule has 1 heterocycles. The molecule has 0 unspecified atom stereocenters. The normalized spacial score (nSPS) is 10.1. The Morgan fingerprint density at radius 1 is 1.25 bits per heavy atom. The zero-order valence-corrected chi connectivity index (χ0v) is 9.41. The SMILES string of the molecule is Nc1ccnc(NCc2cccc(Cl)c2)c1. The van der Waals surface area contributed by atoms with Gasteiger partial charge in [-0.05, 0) is 23.8 Å². The Bertz CT molecular complexity index is 440. The highest BCUT2D eigenvalue weighted by molar-refractivity contribution is 6.30. The molecule has 0 saturated heterocycles. The van der Waals surface area contributed by atoms with Crippen molar-refractivity contribution in [2.24, 2.45) is 0 Å². The summed E-state index contributed by atoms with van der Waals surface area (Å²) in [5.41, 5.74) is 7.46. The van der Waals surface area contributed by atoms with Gasteiger partial charge in [0.05, 0.1) is 0 Å². The second-order valence-corrected chi connectivity index (χ2v) is 3.89. The molecular formula is C12H12ClN3. The van der Waals surface area contributed by atoms with Gasteiger partial charge in [-0.3, -0.25) is 0 Å². The van der Waals surface area contributed by atoms with Gasteiger partial charge in [0.1, 0.15) is 5.82 Å². The first-order valence-corrected chi connectivity index (χ1v) is 5.32. The highest BCUT2D eigenvalue weighted by Crippen LogP contribution is 2.13. The van der Waals surface area contributed by atoms with Crippen molar-refractivity contribution in [2.75, 3.05) is 11.1 Å². The minimum absolute atomic E-state index is 0.678. The van der Waals surface area contributed by atoms with Crippen LogP contribution in [0.3, 0.4) is 0 Å². The van der Waals surface area contributed by atoms with Gasteiger partial charge in [0.15, 0.2) is 0 Å². The van der Waals surface area contributed by atoms with Crippen LogP contribution in [0.25, 0.3) is 0 Å². The largest absolute Gasteiger partial charge is 0.399 e. The van der Waals surface area contributed by atoms with E-state index < -0.39 is 0 Å². The quantitative estimate of drug-likeness (QED) is 0.857. The molecule has 16 heavy (non-hydrogen) atoms. The van der Waals surface area contributed by atoms with E-state index in [0.717, 1.165) is 16.4 Å². The molecule has 0 amide bonds. The standard InChI is InChI=1S/C12H12ClN3/c13-10-3-1-2-9(6-10)8-16-12-7-11(14)4-5-15-12/h1-7H,8H2,(H3,14,15,16). The van der Waals surface area contributed by atoms with Gasteiger partial charge in [0, 0.05) is 29.5 Å². The molecule has 1 aromatic carbocycles. The maximum Gasteiger partial charge on any atom is 0.128 e. The molecule has 0 radical (unpaired) electrons. The van der Waals surface area contributed by atoms with Crippen molar-refractivity contribution in [3.05, 3.63) is 53.2 Å². The van der Waals surface area contributed by atoms with Crippen molar-refractivity contribution in [2.45, 2.75) is 6.54 Å². The predicted octanol–water partition coefficient (Wildman–Crippen LogP) is 2.93. The van der Waals surface area contributed by atoms with Crippen LogP contribution in [0.2, 0.25) is 5.02 Å². The summed E-state index contributed by atoms with van der Waals surface area (Å²) in [6.45, 7) is 0.678. The minimum atomic E-state index is 0.678. The molecule has 0 bridgehead atoms. The highest BCUT2D eigenvalue weighted by atomic mass is 35.5. The number of benzene rings is 1. The Kier molecular flexibility index (Phi) is 3.27. The van der Waals surface area contributed by atoms with E-state index in [1.807, 2.05) is 24.3 Å². The zero-order chi connectivity index (χ0) is 11.4. The van der Waals surface area contributed by atoms with Crippen molar-refractivity contribution >= 4 is 23.1 Å². The highest BCUT2D eigenvalue weighted by Gasteiger charge is 1.96. The Morgan fingerprint density at radius 3 is 2.88 bits per heavy atom. The number of rotatable bonds is 3. The third-order valence-electron chi connectivity index (χ3n) is 2.15. The van der Waals surface area contributed by atoms with Gasteiger partial charge >= 0.3 is 0 Å². The average molecular weight is 234 g/mol. The molecule has 0 aliphatic rings. The summed E-state index contributed by atoms with van der Waals surface area (Å²) < 4.78 is 0. The number of nitrogens with one attached hydrogen (secondary N) is 1. The number of aromatic nitrogens is 1. The smallest absolute Gasteiger partial charge is 0.128 e. The lowest BCUT2D eigenvalue weighted by molar-refractivity contribution is 1.11. The van der Waals surface area contributed by atoms with Crippen LogP contribution in [-0.2, 0) is 6.54 Å². The summed E-state index contributed by atoms with van der Waals surface area (Å²) in [7, 11) is 0. The zero-order valence-electron chi connectivity index (χ0n) is 8.65. The lowest BCUT2D eigenvalue weighted by Gasteiger charge is -2.06. The Balaban J connectivity index is 2.02. The van der Waals surface area contributed by atoms with Gasteiger partial charge in [-0.1, -0.05) is 23.7 Å². The van der Waals surface area contributed by atoms with Crippen LogP contribution in [0.4, 0.5) is 11.5 Å². The Morgan fingerprint density at radius 2 is 2.12 bits per heavy atom. The van der Waals surface area contributed by atoms with E-state index in [4.69, 9.17) is 17.3 Å². The monoisotopic (exact) mass is 233 g/mol. The fourth-order valence-corrected chi connectivity index (χ4v) is 1.60. The number of anilines is 2. The maximum atomic E-state index is 5.89. The molecule has 0 aliphatic heterocycles. The number of hydrogen-bond donors (Lipinski definition) is 2. The molecule has 0 atom stereocenters. The lowest BCUT2D eigenvalue weighted by atomic mass is 10.2. The molecule has 1 aromatic heterocycles. The Labute approximate surface area is 99.3 Å². The summed E-state index contributed by atoms with van der Waals surface area (Å²) in [5, 5.41) is 3.92. The molecule has 4 heteroatoms. The maximum absolute atomic E-state index is 5.89. The third kappa shape index (κ3) is 2.87. The van der Waals surface area contributed by atoms with Crippen LogP contribution in [0.1, 0.15) is 5.56 Å². The predicted molar refractivity (Wildman–Crippen MR) is 67.4 cm³/mol. The molecule has 82 valence electrons. The van der Waals surface area contributed by atoms with Crippen molar-refractivity contribution in [3.8, 4) is 0 Å². The number of hydrogen-bond acceptors (Lipinski definition) is 3. The molecule has 0 aliphatic carbocycles. The molecule has 3 N–H and O–H groups in total. The third-order valence-corrected chi connectivity index (χ3v) is 2.38. The molecule has 0 spiro atoms. The second-order valence-electron chi connectivity index (χ2n) is 3.46. The molecule has 2 aromatic rings. The van der Waals surface area contributed by atoms with Gasteiger partial charge in [-0.15, -0.1) is 0 Å². The summed E-state index contributed by atoms with van der Waals surface area (Å²) in [5.74, 6) is 0.764. The van der Waals surface area contributed by atoms with Crippen molar-refractivity contribution < 1.29 is 0 Å².